The van der Waals surface area contributed by atoms with E-state index >= 15 is 0 Å². The van der Waals surface area contributed by atoms with Gasteiger partial charge in [-0.3, -0.25) is 0 Å². The minimum absolute atomic E-state index is 0.259. The topological polar surface area (TPSA) is 52.6 Å². The monoisotopic (exact) mass is 883 g/mol. The van der Waals surface area contributed by atoms with Crippen LogP contribution in [0.5, 0.6) is 0 Å². The maximum absolute atomic E-state index is 12.8. The molecule has 0 aliphatic heterocycles. The molecule has 5 heteroatoms. The van der Waals surface area contributed by atoms with Gasteiger partial charge in [-0.15, -0.1) is 0 Å². The van der Waals surface area contributed by atoms with Gasteiger partial charge in [0, 0.05) is 0 Å². The highest BCUT2D eigenvalue weighted by Gasteiger charge is 2.15. The highest BCUT2D eigenvalue weighted by Crippen LogP contribution is 2.26. The maximum Gasteiger partial charge on any atom is 0.399 e. The van der Waals surface area contributed by atoms with Crippen molar-refractivity contribution >= 4 is 10.4 Å². The molecule has 0 unspecified atom stereocenters. The Morgan fingerprint density at radius 2 is 0.410 bits per heavy atom. The summed E-state index contributed by atoms with van der Waals surface area (Å²) in [5.74, 6) is 1.39. The summed E-state index contributed by atoms with van der Waals surface area (Å²) >= 11 is 0. The Bertz CT molecular complexity index is 792. The molecule has 0 amide bonds. The molecule has 0 saturated carbocycles. The van der Waals surface area contributed by atoms with Crippen molar-refractivity contribution in [2.45, 2.75) is 336 Å². The van der Waals surface area contributed by atoms with E-state index in [4.69, 9.17) is 8.37 Å². The van der Waals surface area contributed by atoms with Crippen LogP contribution in [-0.2, 0) is 18.8 Å². The van der Waals surface area contributed by atoms with Crippen molar-refractivity contribution in [3.8, 4) is 0 Å². The largest absolute Gasteiger partial charge is 0.399 e. The van der Waals surface area contributed by atoms with Crippen molar-refractivity contribution < 1.29 is 16.8 Å². The van der Waals surface area contributed by atoms with Gasteiger partial charge in [0.05, 0.1) is 13.2 Å². The van der Waals surface area contributed by atoms with Crippen molar-refractivity contribution in [3.63, 3.8) is 0 Å². The Balaban J connectivity index is 4.59. The fourth-order valence-electron chi connectivity index (χ4n) is 9.65. The van der Waals surface area contributed by atoms with Crippen LogP contribution in [0.25, 0.3) is 0 Å². The van der Waals surface area contributed by atoms with E-state index in [0.717, 1.165) is 25.7 Å². The van der Waals surface area contributed by atoms with E-state index in [1.807, 2.05) is 0 Å². The normalized spacial score (nSPS) is 12.2. The van der Waals surface area contributed by atoms with Gasteiger partial charge in [-0.2, -0.15) is 8.42 Å². The molecule has 0 aliphatic carbocycles. The van der Waals surface area contributed by atoms with Gasteiger partial charge < -0.3 is 0 Å². The molecule has 0 aromatic rings. The third-order valence-corrected chi connectivity index (χ3v) is 14.7. The summed E-state index contributed by atoms with van der Waals surface area (Å²) in [5.41, 5.74) is 0. The van der Waals surface area contributed by atoms with Crippen LogP contribution in [0, 0.1) is 11.8 Å². The second-order valence-corrected chi connectivity index (χ2v) is 21.2. The first kappa shape index (κ1) is 60.9. The summed E-state index contributed by atoms with van der Waals surface area (Å²) in [6.07, 6.45) is 64.1. The Morgan fingerprint density at radius 1 is 0.246 bits per heavy atom. The lowest BCUT2D eigenvalue weighted by atomic mass is 9.90. The van der Waals surface area contributed by atoms with E-state index in [0.29, 0.717) is 11.8 Å². The van der Waals surface area contributed by atoms with Crippen LogP contribution in [0.15, 0.2) is 0 Å². The Morgan fingerprint density at radius 3 is 0.607 bits per heavy atom. The molecule has 61 heavy (non-hydrogen) atoms. The first-order valence-corrected chi connectivity index (χ1v) is 29.9. The summed E-state index contributed by atoms with van der Waals surface area (Å²) < 4.78 is 36.4. The predicted octanol–water partition coefficient (Wildman–Crippen LogP) is 20.3. The molecule has 4 nitrogen and oxygen atoms in total. The van der Waals surface area contributed by atoms with Crippen LogP contribution in [0.1, 0.15) is 336 Å². The van der Waals surface area contributed by atoms with E-state index in [1.54, 1.807) is 0 Å². The predicted molar refractivity (Wildman–Crippen MR) is 272 cm³/mol. The van der Waals surface area contributed by atoms with Crippen LogP contribution in [-0.4, -0.2) is 21.6 Å². The van der Waals surface area contributed by atoms with Gasteiger partial charge in [-0.05, 0) is 37.5 Å². The Labute approximate surface area is 386 Å². The molecule has 368 valence electrons. The molecule has 0 heterocycles. The minimum Gasteiger partial charge on any atom is -0.248 e. The quantitative estimate of drug-likeness (QED) is 0.0571. The SMILES string of the molecule is CCCCCCCCCCCCC(CCCCCCCCCCCC)CCCOS(=O)(=O)OCCCC(CCCCCCCCCCCC)CCCCCCCCCCCC. The number of unbranched alkanes of at least 4 members (excludes halogenated alkanes) is 36. The molecular formula is C56H114O4S. The average molecular weight is 884 g/mol. The van der Waals surface area contributed by atoms with E-state index in [9.17, 15) is 8.42 Å². The van der Waals surface area contributed by atoms with Crippen LogP contribution >= 0.6 is 0 Å². The molecule has 0 rings (SSSR count). The molecule has 0 atom stereocenters. The van der Waals surface area contributed by atoms with Crippen molar-refractivity contribution in [2.24, 2.45) is 11.8 Å². The van der Waals surface area contributed by atoms with E-state index in [-0.39, 0.29) is 13.2 Å². The summed E-state index contributed by atoms with van der Waals surface area (Å²) in [7, 11) is -3.93. The number of rotatable bonds is 54. The molecule has 0 radical (unpaired) electrons. The first-order valence-electron chi connectivity index (χ1n) is 28.5. The van der Waals surface area contributed by atoms with Crippen LogP contribution in [0.3, 0.4) is 0 Å². The molecular weight excluding hydrogens is 769 g/mol. The van der Waals surface area contributed by atoms with Crippen molar-refractivity contribution in [2.75, 3.05) is 13.2 Å². The summed E-state index contributed by atoms with van der Waals surface area (Å²) in [6, 6.07) is 0. The second kappa shape index (κ2) is 50.9. The fraction of sp³-hybridized carbons (Fsp3) is 1.00. The molecule has 0 fully saturated rings. The van der Waals surface area contributed by atoms with Gasteiger partial charge in [0.15, 0.2) is 0 Å². The molecule has 0 N–H and O–H groups in total. The zero-order valence-electron chi connectivity index (χ0n) is 42.6. The first-order chi connectivity index (χ1) is 30.0. The molecule has 0 aromatic carbocycles. The Hall–Kier alpha value is -0.130. The van der Waals surface area contributed by atoms with Gasteiger partial charge in [0.25, 0.3) is 0 Å². The molecule has 0 spiro atoms. The number of hydrogen-bond acceptors (Lipinski definition) is 4. The highest BCUT2D eigenvalue weighted by atomic mass is 32.3. The van der Waals surface area contributed by atoms with Crippen LogP contribution < -0.4 is 0 Å². The zero-order valence-corrected chi connectivity index (χ0v) is 43.4. The van der Waals surface area contributed by atoms with Gasteiger partial charge in [-0.1, -0.05) is 310 Å². The number of hydrogen-bond donors (Lipinski definition) is 0. The Kier molecular flexibility index (Phi) is 50.8. The second-order valence-electron chi connectivity index (χ2n) is 20.0. The fourth-order valence-corrected chi connectivity index (χ4v) is 10.4. The lowest BCUT2D eigenvalue weighted by molar-refractivity contribution is 0.199. The molecule has 0 saturated heterocycles. The minimum atomic E-state index is -3.93. The molecule has 0 bridgehead atoms. The maximum atomic E-state index is 12.8. The van der Waals surface area contributed by atoms with E-state index in [2.05, 4.69) is 27.7 Å². The zero-order chi connectivity index (χ0) is 44.4. The lowest BCUT2D eigenvalue weighted by Crippen LogP contribution is -2.13. The van der Waals surface area contributed by atoms with Gasteiger partial charge in [-0.25, -0.2) is 8.37 Å². The molecule has 0 aliphatic rings. The standard InChI is InChI=1S/C56H114O4S/c1-5-9-13-17-21-25-29-33-37-41-47-55(48-42-38-34-30-26-22-18-14-10-6-2)51-45-53-59-61(57,58)60-54-46-52-56(49-43-39-35-31-27-23-19-15-11-7-3)50-44-40-36-32-28-24-20-16-12-8-4/h55-56H,5-54H2,1-4H3. The average Bonchev–Trinajstić information content (AvgIpc) is 3.25. The summed E-state index contributed by atoms with van der Waals surface area (Å²) in [4.78, 5) is 0. The van der Waals surface area contributed by atoms with Crippen LogP contribution in [0.4, 0.5) is 0 Å². The van der Waals surface area contributed by atoms with Crippen LogP contribution in [0.2, 0.25) is 0 Å². The van der Waals surface area contributed by atoms with Gasteiger partial charge >= 0.3 is 10.4 Å². The van der Waals surface area contributed by atoms with Crippen molar-refractivity contribution in [3.05, 3.63) is 0 Å². The van der Waals surface area contributed by atoms with E-state index in [1.165, 1.54) is 283 Å². The van der Waals surface area contributed by atoms with E-state index < -0.39 is 10.4 Å². The summed E-state index contributed by atoms with van der Waals surface area (Å²) in [6.45, 7) is 9.70. The summed E-state index contributed by atoms with van der Waals surface area (Å²) in [5, 5.41) is 0. The van der Waals surface area contributed by atoms with Gasteiger partial charge in [0.1, 0.15) is 0 Å². The molecule has 0 aromatic heterocycles. The smallest absolute Gasteiger partial charge is 0.248 e. The highest BCUT2D eigenvalue weighted by molar-refractivity contribution is 7.81. The lowest BCUT2D eigenvalue weighted by Gasteiger charge is -2.18. The van der Waals surface area contributed by atoms with Gasteiger partial charge in [0.2, 0.25) is 0 Å². The van der Waals surface area contributed by atoms with Crippen molar-refractivity contribution in [1.29, 1.82) is 0 Å². The third kappa shape index (κ3) is 49.1. The third-order valence-electron chi connectivity index (χ3n) is 13.8. The van der Waals surface area contributed by atoms with Crippen molar-refractivity contribution in [1.82, 2.24) is 0 Å².